The van der Waals surface area contributed by atoms with Crippen LogP contribution in [0.25, 0.3) is 0 Å². The van der Waals surface area contributed by atoms with Crippen LogP contribution in [0.4, 0.5) is 0 Å². The van der Waals surface area contributed by atoms with Crippen LogP contribution in [0.15, 0.2) is 60.8 Å². The summed E-state index contributed by atoms with van der Waals surface area (Å²) < 4.78 is 22.7. The minimum Gasteiger partial charge on any atom is -0.545 e. The molecule has 2 atom stereocenters. The zero-order valence-electron chi connectivity index (χ0n) is 49.7. The van der Waals surface area contributed by atoms with Crippen LogP contribution in [-0.4, -0.2) is 82.3 Å². The summed E-state index contributed by atoms with van der Waals surface area (Å²) in [5.41, 5.74) is 0. The van der Waals surface area contributed by atoms with E-state index in [0.29, 0.717) is 23.9 Å². The van der Waals surface area contributed by atoms with Gasteiger partial charge in [0.2, 0.25) is 0 Å². The molecule has 0 radical (unpaired) electrons. The van der Waals surface area contributed by atoms with Gasteiger partial charge in [-0.3, -0.25) is 9.59 Å². The molecule has 0 N–H and O–H groups in total. The molecule has 0 aliphatic carbocycles. The van der Waals surface area contributed by atoms with E-state index in [1.165, 1.54) is 180 Å². The molecule has 9 nitrogen and oxygen atoms in total. The molecule has 0 aliphatic heterocycles. The van der Waals surface area contributed by atoms with Gasteiger partial charge in [0.25, 0.3) is 0 Å². The van der Waals surface area contributed by atoms with E-state index in [9.17, 15) is 19.5 Å². The van der Waals surface area contributed by atoms with Gasteiger partial charge in [-0.25, -0.2) is 0 Å². The van der Waals surface area contributed by atoms with Gasteiger partial charge in [0.15, 0.2) is 12.4 Å². The fraction of sp³-hybridized carbons (Fsp3) is 0.803. The van der Waals surface area contributed by atoms with E-state index in [0.717, 1.165) is 70.6 Å². The van der Waals surface area contributed by atoms with Gasteiger partial charge in [0.1, 0.15) is 13.2 Å². The van der Waals surface area contributed by atoms with E-state index in [1.54, 1.807) is 0 Å². The number of esters is 2. The first-order valence-corrected chi connectivity index (χ1v) is 31.4. The number of carboxylic acid groups (broad SMARTS) is 1. The summed E-state index contributed by atoms with van der Waals surface area (Å²) >= 11 is 0. The molecule has 9 heteroatoms. The molecule has 0 bridgehead atoms. The monoisotopic (exact) mass is 1050 g/mol. The molecular formula is C66H119NO8. The van der Waals surface area contributed by atoms with Gasteiger partial charge >= 0.3 is 11.9 Å². The molecule has 2 unspecified atom stereocenters. The van der Waals surface area contributed by atoms with Crippen LogP contribution in [0.3, 0.4) is 0 Å². The number of nitrogens with zero attached hydrogens (tertiary/aromatic N) is 1. The molecule has 0 saturated carbocycles. The SMILES string of the molecule is CC/C=C\C/C=C\C/C=C\CCCCCCCCCC(=O)OC(COC(=O)CCCCCCCCCCCCCCCCCCCCCCC/C=C\C/C=C\CCCCCCC)COC(OCC[N+](C)(C)C)C(=O)[O-]. The summed E-state index contributed by atoms with van der Waals surface area (Å²) in [7, 11) is 5.92. The van der Waals surface area contributed by atoms with E-state index >= 15 is 0 Å². The lowest BCUT2D eigenvalue weighted by molar-refractivity contribution is -0.870. The molecule has 75 heavy (non-hydrogen) atoms. The summed E-state index contributed by atoms with van der Waals surface area (Å²) in [5, 5.41) is 11.8. The molecule has 0 heterocycles. The molecule has 0 aromatic heterocycles. The second-order valence-corrected chi connectivity index (χ2v) is 22.3. The lowest BCUT2D eigenvalue weighted by Crippen LogP contribution is -2.44. The van der Waals surface area contributed by atoms with Crippen LogP contribution in [0.1, 0.15) is 284 Å². The highest BCUT2D eigenvalue weighted by Crippen LogP contribution is 2.17. The van der Waals surface area contributed by atoms with Crippen LogP contribution in [0.5, 0.6) is 0 Å². The topological polar surface area (TPSA) is 111 Å². The number of unbranched alkanes of at least 4 members (excludes halogenated alkanes) is 33. The highest BCUT2D eigenvalue weighted by atomic mass is 16.7. The standard InChI is InChI=1S/C66H119NO8/c1-6-8-10-12-14-16-18-20-22-24-25-26-27-28-29-30-31-32-33-34-35-36-37-38-39-41-42-44-46-48-50-52-54-56-63(68)73-60-62(61-74-66(65(70)71)72-59-58-67(3,4)5)75-64(69)57-55-53-51-49-47-45-43-40-23-21-19-17-15-13-11-9-7-2/h9,11,15,17-18,20-21,23-25,62,66H,6-8,10,12-14,16,19,22,26-61H2,1-5H3/b11-9-,17-15-,20-18-,23-21-,25-24-. The van der Waals surface area contributed by atoms with Crippen molar-refractivity contribution in [3.63, 3.8) is 0 Å². The largest absolute Gasteiger partial charge is 0.545 e. The molecule has 0 amide bonds. The van der Waals surface area contributed by atoms with E-state index in [-0.39, 0.29) is 32.2 Å². The number of likely N-dealkylation sites (N-methyl/N-ethyl adjacent to an activating group) is 1. The van der Waals surface area contributed by atoms with Gasteiger partial charge in [-0.05, 0) is 77.0 Å². The maximum absolute atomic E-state index is 12.8. The Labute approximate surface area is 463 Å². The second-order valence-electron chi connectivity index (χ2n) is 22.3. The lowest BCUT2D eigenvalue weighted by atomic mass is 10.0. The van der Waals surface area contributed by atoms with Crippen LogP contribution in [-0.2, 0) is 33.3 Å². The Kier molecular flexibility index (Phi) is 54.9. The van der Waals surface area contributed by atoms with Crippen molar-refractivity contribution in [3.8, 4) is 0 Å². The molecule has 0 saturated heterocycles. The van der Waals surface area contributed by atoms with Crippen LogP contribution in [0, 0.1) is 0 Å². The van der Waals surface area contributed by atoms with Crippen molar-refractivity contribution in [1.29, 1.82) is 0 Å². The maximum atomic E-state index is 12.8. The van der Waals surface area contributed by atoms with Crippen LogP contribution in [0.2, 0.25) is 0 Å². The maximum Gasteiger partial charge on any atom is 0.306 e. The first-order valence-electron chi connectivity index (χ1n) is 31.4. The third kappa shape index (κ3) is 58.5. The van der Waals surface area contributed by atoms with Gasteiger partial charge < -0.3 is 33.3 Å². The molecule has 0 rings (SSSR count). The summed E-state index contributed by atoms with van der Waals surface area (Å²) in [6.45, 7) is 4.64. The third-order valence-corrected chi connectivity index (χ3v) is 13.7. The zero-order chi connectivity index (χ0) is 54.8. The number of ether oxygens (including phenoxy) is 4. The smallest absolute Gasteiger partial charge is 0.306 e. The summed E-state index contributed by atoms with van der Waals surface area (Å²) in [6.07, 6.45) is 70.1. The van der Waals surface area contributed by atoms with Crippen molar-refractivity contribution in [1.82, 2.24) is 0 Å². The predicted octanol–water partition coefficient (Wildman–Crippen LogP) is 17.5. The second kappa shape index (κ2) is 57.2. The average Bonchev–Trinajstić information content (AvgIpc) is 3.38. The predicted molar refractivity (Wildman–Crippen MR) is 315 cm³/mol. The van der Waals surface area contributed by atoms with Gasteiger partial charge in [-0.15, -0.1) is 0 Å². The van der Waals surface area contributed by atoms with Gasteiger partial charge in [-0.2, -0.15) is 0 Å². The lowest BCUT2D eigenvalue weighted by Gasteiger charge is -2.26. The molecule has 0 fully saturated rings. The van der Waals surface area contributed by atoms with Crippen molar-refractivity contribution in [2.45, 2.75) is 296 Å². The molecular weight excluding hydrogens is 935 g/mol. The van der Waals surface area contributed by atoms with Gasteiger partial charge in [0, 0.05) is 12.8 Å². The van der Waals surface area contributed by atoms with E-state index in [2.05, 4.69) is 74.6 Å². The molecule has 0 spiro atoms. The number of hydrogen-bond donors (Lipinski definition) is 0. The van der Waals surface area contributed by atoms with E-state index in [4.69, 9.17) is 18.9 Å². The summed E-state index contributed by atoms with van der Waals surface area (Å²) in [6, 6.07) is 0. The Morgan fingerprint density at radius 3 is 1.13 bits per heavy atom. The van der Waals surface area contributed by atoms with Crippen LogP contribution < -0.4 is 5.11 Å². The Morgan fingerprint density at radius 1 is 0.413 bits per heavy atom. The number of carboxylic acids is 1. The van der Waals surface area contributed by atoms with Crippen molar-refractivity contribution in [2.24, 2.45) is 0 Å². The number of aliphatic carboxylic acids is 1. The molecule has 0 aromatic rings. The minimum atomic E-state index is -1.62. The number of allylic oxidation sites excluding steroid dienone is 10. The Balaban J connectivity index is 4.06. The van der Waals surface area contributed by atoms with Crippen LogP contribution >= 0.6 is 0 Å². The third-order valence-electron chi connectivity index (χ3n) is 13.7. The highest BCUT2D eigenvalue weighted by molar-refractivity contribution is 5.70. The fourth-order valence-electron chi connectivity index (χ4n) is 8.94. The zero-order valence-corrected chi connectivity index (χ0v) is 49.7. The molecule has 436 valence electrons. The first kappa shape index (κ1) is 72.0. The number of rotatable bonds is 58. The van der Waals surface area contributed by atoms with E-state index < -0.39 is 24.3 Å². The minimum absolute atomic E-state index is 0.145. The van der Waals surface area contributed by atoms with Crippen molar-refractivity contribution in [3.05, 3.63) is 60.8 Å². The van der Waals surface area contributed by atoms with Crippen molar-refractivity contribution < 1.29 is 42.9 Å². The highest BCUT2D eigenvalue weighted by Gasteiger charge is 2.22. The average molecular weight is 1050 g/mol. The van der Waals surface area contributed by atoms with E-state index in [1.807, 2.05) is 21.1 Å². The normalized spacial score (nSPS) is 13.1. The molecule has 0 aliphatic rings. The Hall–Kier alpha value is -3.01. The molecule has 0 aromatic carbocycles. The number of carbonyl (C=O) groups excluding carboxylic acids is 3. The Morgan fingerprint density at radius 2 is 0.760 bits per heavy atom. The van der Waals surface area contributed by atoms with Gasteiger partial charge in [0.05, 0.1) is 40.3 Å². The Bertz CT molecular complexity index is 1410. The van der Waals surface area contributed by atoms with Crippen molar-refractivity contribution in [2.75, 3.05) is 47.5 Å². The van der Waals surface area contributed by atoms with Gasteiger partial charge in [-0.1, -0.05) is 254 Å². The summed E-state index contributed by atoms with van der Waals surface area (Å²) in [5.74, 6) is -2.29. The number of carbonyl (C=O) groups is 3. The summed E-state index contributed by atoms with van der Waals surface area (Å²) in [4.78, 5) is 37.3. The number of quaternary nitrogens is 1. The quantitative estimate of drug-likeness (QED) is 0.0195. The number of hydrogen-bond acceptors (Lipinski definition) is 8. The van der Waals surface area contributed by atoms with Crippen molar-refractivity contribution >= 4 is 17.9 Å². The first-order chi connectivity index (χ1) is 36.6. The fourth-order valence-corrected chi connectivity index (χ4v) is 8.94.